The molecule has 24 heavy (non-hydrogen) atoms. The Hall–Kier alpha value is -2.10. The van der Waals surface area contributed by atoms with Crippen molar-refractivity contribution < 1.29 is 14.3 Å². The Kier molecular flexibility index (Phi) is 6.59. The molecule has 0 saturated heterocycles. The number of esters is 1. The molecule has 4 heteroatoms. The third kappa shape index (κ3) is 5.22. The van der Waals surface area contributed by atoms with Crippen LogP contribution in [0.3, 0.4) is 0 Å². The normalized spacial score (nSPS) is 11.2. The van der Waals surface area contributed by atoms with E-state index in [4.69, 9.17) is 9.47 Å². The van der Waals surface area contributed by atoms with Crippen LogP contribution in [0, 0.1) is 11.8 Å². The van der Waals surface area contributed by atoms with Crippen molar-refractivity contribution in [2.75, 3.05) is 13.2 Å². The van der Waals surface area contributed by atoms with Gasteiger partial charge in [0.25, 0.3) is 0 Å². The Morgan fingerprint density at radius 2 is 1.71 bits per heavy atom. The number of ether oxygens (including phenoxy) is 2. The number of aromatic nitrogens is 1. The zero-order chi connectivity index (χ0) is 17.5. The molecule has 2 rings (SSSR count). The van der Waals surface area contributed by atoms with Gasteiger partial charge in [-0.2, -0.15) is 0 Å². The second-order valence-corrected chi connectivity index (χ2v) is 6.87. The lowest BCUT2D eigenvalue weighted by Gasteiger charge is -2.12. The van der Waals surface area contributed by atoms with E-state index in [1.807, 2.05) is 24.3 Å². The SMILES string of the molecule is CC(C)CCOC(=O)c1cc(OCCC(C)C)nc2ccccc12. The molecule has 1 heterocycles. The van der Waals surface area contributed by atoms with E-state index < -0.39 is 0 Å². The van der Waals surface area contributed by atoms with Crippen molar-refractivity contribution in [1.82, 2.24) is 4.98 Å². The molecule has 0 aliphatic rings. The number of para-hydroxylation sites is 1. The summed E-state index contributed by atoms with van der Waals surface area (Å²) in [4.78, 5) is 17.0. The van der Waals surface area contributed by atoms with Gasteiger partial charge in [0, 0.05) is 11.5 Å². The smallest absolute Gasteiger partial charge is 0.339 e. The molecule has 1 aromatic heterocycles. The molecule has 0 bridgehead atoms. The van der Waals surface area contributed by atoms with Crippen molar-refractivity contribution >= 4 is 16.9 Å². The van der Waals surface area contributed by atoms with Crippen LogP contribution in [-0.4, -0.2) is 24.2 Å². The molecule has 0 aliphatic carbocycles. The standard InChI is InChI=1S/C20H27NO3/c1-14(2)9-11-23-19-13-17(20(22)24-12-10-15(3)4)16-7-5-6-8-18(16)21-19/h5-8,13-15H,9-12H2,1-4H3. The lowest BCUT2D eigenvalue weighted by molar-refractivity contribution is 0.0489. The van der Waals surface area contributed by atoms with E-state index in [-0.39, 0.29) is 5.97 Å². The lowest BCUT2D eigenvalue weighted by atomic mass is 10.1. The quantitative estimate of drug-likeness (QED) is 0.649. The molecule has 0 atom stereocenters. The van der Waals surface area contributed by atoms with E-state index in [0.29, 0.717) is 36.5 Å². The van der Waals surface area contributed by atoms with Gasteiger partial charge < -0.3 is 9.47 Å². The zero-order valence-corrected chi connectivity index (χ0v) is 15.0. The van der Waals surface area contributed by atoms with Gasteiger partial charge in [-0.3, -0.25) is 0 Å². The predicted molar refractivity (Wildman–Crippen MR) is 96.4 cm³/mol. The average Bonchev–Trinajstić information content (AvgIpc) is 2.53. The fraction of sp³-hybridized carbons (Fsp3) is 0.500. The number of pyridine rings is 1. The molecule has 0 unspecified atom stereocenters. The van der Waals surface area contributed by atoms with Crippen molar-refractivity contribution in [3.8, 4) is 5.88 Å². The first-order chi connectivity index (χ1) is 11.5. The van der Waals surface area contributed by atoms with Gasteiger partial charge in [-0.15, -0.1) is 0 Å². The van der Waals surface area contributed by atoms with Gasteiger partial charge in [0.15, 0.2) is 0 Å². The number of fused-ring (bicyclic) bond motifs is 1. The molecule has 0 aliphatic heterocycles. The molecule has 2 aromatic rings. The van der Waals surface area contributed by atoms with Crippen molar-refractivity contribution in [1.29, 1.82) is 0 Å². The van der Waals surface area contributed by atoms with Crippen LogP contribution in [0.15, 0.2) is 30.3 Å². The van der Waals surface area contributed by atoms with Crippen LogP contribution in [0.25, 0.3) is 10.9 Å². The third-order valence-electron chi connectivity index (χ3n) is 3.79. The summed E-state index contributed by atoms with van der Waals surface area (Å²) >= 11 is 0. The molecule has 0 fully saturated rings. The highest BCUT2D eigenvalue weighted by Gasteiger charge is 2.15. The van der Waals surface area contributed by atoms with Gasteiger partial charge in [0.1, 0.15) is 0 Å². The maximum atomic E-state index is 12.5. The molecule has 0 spiro atoms. The number of benzene rings is 1. The molecule has 1 aromatic carbocycles. The number of carbonyl (C=O) groups is 1. The molecule has 0 N–H and O–H groups in total. The molecule has 0 saturated carbocycles. The van der Waals surface area contributed by atoms with Crippen LogP contribution in [-0.2, 0) is 4.74 Å². The number of hydrogen-bond acceptors (Lipinski definition) is 4. The Bertz CT molecular complexity index is 680. The molecule has 0 radical (unpaired) electrons. The summed E-state index contributed by atoms with van der Waals surface area (Å²) in [6.45, 7) is 9.53. The van der Waals surface area contributed by atoms with Gasteiger partial charge in [-0.25, -0.2) is 9.78 Å². The molecular formula is C20H27NO3. The second-order valence-electron chi connectivity index (χ2n) is 6.87. The number of rotatable bonds is 8. The highest BCUT2D eigenvalue weighted by atomic mass is 16.5. The lowest BCUT2D eigenvalue weighted by Crippen LogP contribution is -2.10. The zero-order valence-electron chi connectivity index (χ0n) is 15.0. The summed E-state index contributed by atoms with van der Waals surface area (Å²) in [7, 11) is 0. The summed E-state index contributed by atoms with van der Waals surface area (Å²) in [5, 5.41) is 0.795. The van der Waals surface area contributed by atoms with Crippen LogP contribution in [0.4, 0.5) is 0 Å². The van der Waals surface area contributed by atoms with E-state index >= 15 is 0 Å². The summed E-state index contributed by atoms with van der Waals surface area (Å²) in [5.41, 5.74) is 1.26. The van der Waals surface area contributed by atoms with E-state index in [1.165, 1.54) is 0 Å². The number of nitrogens with zero attached hydrogens (tertiary/aromatic N) is 1. The van der Waals surface area contributed by atoms with E-state index in [2.05, 4.69) is 32.7 Å². The predicted octanol–water partition coefficient (Wildman–Crippen LogP) is 4.86. The van der Waals surface area contributed by atoms with Gasteiger partial charge in [0.2, 0.25) is 5.88 Å². The number of hydrogen-bond donors (Lipinski definition) is 0. The van der Waals surface area contributed by atoms with Crippen molar-refractivity contribution in [2.24, 2.45) is 11.8 Å². The number of carbonyl (C=O) groups excluding carboxylic acids is 1. The molecule has 0 amide bonds. The fourth-order valence-corrected chi connectivity index (χ4v) is 2.26. The summed E-state index contributed by atoms with van der Waals surface area (Å²) < 4.78 is 11.2. The van der Waals surface area contributed by atoms with Crippen LogP contribution in [0.5, 0.6) is 5.88 Å². The Morgan fingerprint density at radius 1 is 1.04 bits per heavy atom. The van der Waals surface area contributed by atoms with Gasteiger partial charge in [-0.05, 0) is 30.7 Å². The highest BCUT2D eigenvalue weighted by Crippen LogP contribution is 2.23. The summed E-state index contributed by atoms with van der Waals surface area (Å²) in [6, 6.07) is 9.27. The summed E-state index contributed by atoms with van der Waals surface area (Å²) in [5.74, 6) is 1.22. The Balaban J connectivity index is 2.20. The second kappa shape index (κ2) is 8.67. The minimum absolute atomic E-state index is 0.317. The summed E-state index contributed by atoms with van der Waals surface area (Å²) in [6.07, 6.45) is 1.80. The maximum absolute atomic E-state index is 12.5. The monoisotopic (exact) mass is 329 g/mol. The van der Waals surface area contributed by atoms with E-state index in [9.17, 15) is 4.79 Å². The topological polar surface area (TPSA) is 48.4 Å². The van der Waals surface area contributed by atoms with E-state index in [0.717, 1.165) is 23.7 Å². The van der Waals surface area contributed by atoms with Crippen molar-refractivity contribution in [3.63, 3.8) is 0 Å². The van der Waals surface area contributed by atoms with E-state index in [1.54, 1.807) is 6.07 Å². The fourth-order valence-electron chi connectivity index (χ4n) is 2.26. The largest absolute Gasteiger partial charge is 0.478 e. The first kappa shape index (κ1) is 18.2. The van der Waals surface area contributed by atoms with Gasteiger partial charge in [0.05, 0.1) is 24.3 Å². The minimum atomic E-state index is -0.317. The van der Waals surface area contributed by atoms with Gasteiger partial charge in [-0.1, -0.05) is 45.9 Å². The first-order valence-corrected chi connectivity index (χ1v) is 8.67. The van der Waals surface area contributed by atoms with Crippen LogP contribution < -0.4 is 4.74 Å². The van der Waals surface area contributed by atoms with Crippen molar-refractivity contribution in [2.45, 2.75) is 40.5 Å². The third-order valence-corrected chi connectivity index (χ3v) is 3.79. The molecule has 130 valence electrons. The average molecular weight is 329 g/mol. The van der Waals surface area contributed by atoms with Crippen LogP contribution in [0.2, 0.25) is 0 Å². The Morgan fingerprint density at radius 3 is 2.42 bits per heavy atom. The van der Waals surface area contributed by atoms with Crippen LogP contribution >= 0.6 is 0 Å². The molecule has 4 nitrogen and oxygen atoms in total. The first-order valence-electron chi connectivity index (χ1n) is 8.67. The van der Waals surface area contributed by atoms with Crippen molar-refractivity contribution in [3.05, 3.63) is 35.9 Å². The highest BCUT2D eigenvalue weighted by molar-refractivity contribution is 6.03. The van der Waals surface area contributed by atoms with Crippen LogP contribution in [0.1, 0.15) is 50.9 Å². The van der Waals surface area contributed by atoms with Gasteiger partial charge >= 0.3 is 5.97 Å². The maximum Gasteiger partial charge on any atom is 0.339 e. The Labute approximate surface area is 144 Å². The minimum Gasteiger partial charge on any atom is -0.478 e. The molecular weight excluding hydrogens is 302 g/mol.